The maximum absolute atomic E-state index is 10.3. The van der Waals surface area contributed by atoms with E-state index >= 15 is 0 Å². The molecule has 96 valence electrons. The fourth-order valence-corrected chi connectivity index (χ4v) is 2.03. The summed E-state index contributed by atoms with van der Waals surface area (Å²) in [5.41, 5.74) is 6.56. The van der Waals surface area contributed by atoms with Crippen molar-refractivity contribution in [1.29, 1.82) is 5.26 Å². The van der Waals surface area contributed by atoms with E-state index in [1.165, 1.54) is 0 Å². The second-order valence-corrected chi connectivity index (χ2v) is 4.63. The lowest BCUT2D eigenvalue weighted by atomic mass is 9.96. The summed E-state index contributed by atoms with van der Waals surface area (Å²) in [7, 11) is 0. The van der Waals surface area contributed by atoms with Crippen LogP contribution in [0.5, 0.6) is 0 Å². The van der Waals surface area contributed by atoms with Crippen LogP contribution in [0.25, 0.3) is 0 Å². The third kappa shape index (κ3) is 2.40. The zero-order valence-corrected chi connectivity index (χ0v) is 10.3. The molecule has 0 saturated carbocycles. The molecular weight excluding hydrogens is 230 g/mol. The van der Waals surface area contributed by atoms with Gasteiger partial charge in [0.25, 0.3) is 0 Å². The predicted molar refractivity (Wildman–Crippen MR) is 69.0 cm³/mol. The lowest BCUT2D eigenvalue weighted by molar-refractivity contribution is -0.0175. The maximum Gasteiger partial charge on any atom is 0.110 e. The fourth-order valence-electron chi connectivity index (χ4n) is 2.03. The van der Waals surface area contributed by atoms with Crippen molar-refractivity contribution in [2.24, 2.45) is 0 Å². The molecular formula is C13H17N3O2. The Morgan fingerprint density at radius 1 is 1.67 bits per heavy atom. The van der Waals surface area contributed by atoms with Crippen LogP contribution >= 0.6 is 0 Å². The van der Waals surface area contributed by atoms with E-state index in [1.807, 2.05) is 13.0 Å². The van der Waals surface area contributed by atoms with Crippen molar-refractivity contribution < 1.29 is 9.84 Å². The summed E-state index contributed by atoms with van der Waals surface area (Å²) < 4.78 is 5.36. The molecule has 1 fully saturated rings. The highest BCUT2D eigenvalue weighted by Crippen LogP contribution is 2.26. The van der Waals surface area contributed by atoms with E-state index in [1.54, 1.807) is 18.2 Å². The van der Waals surface area contributed by atoms with Gasteiger partial charge in [0, 0.05) is 25.3 Å². The molecule has 2 unspecified atom stereocenters. The van der Waals surface area contributed by atoms with Gasteiger partial charge in [-0.1, -0.05) is 0 Å². The van der Waals surface area contributed by atoms with Gasteiger partial charge in [-0.2, -0.15) is 5.26 Å². The molecule has 1 saturated heterocycles. The number of aliphatic hydroxyl groups is 1. The van der Waals surface area contributed by atoms with Gasteiger partial charge >= 0.3 is 0 Å². The molecule has 1 aromatic rings. The van der Waals surface area contributed by atoms with Crippen molar-refractivity contribution in [1.82, 2.24) is 0 Å². The van der Waals surface area contributed by atoms with Crippen molar-refractivity contribution >= 4 is 11.4 Å². The second kappa shape index (κ2) is 4.84. The minimum absolute atomic E-state index is 0.180. The third-order valence-electron chi connectivity index (χ3n) is 3.43. The number of ether oxygens (including phenoxy) is 1. The number of nitrogen functional groups attached to an aromatic ring is 1. The van der Waals surface area contributed by atoms with E-state index in [4.69, 9.17) is 15.7 Å². The van der Waals surface area contributed by atoms with Crippen LogP contribution in [0.1, 0.15) is 18.9 Å². The van der Waals surface area contributed by atoms with Crippen LogP contribution in [0.3, 0.4) is 0 Å². The van der Waals surface area contributed by atoms with Crippen molar-refractivity contribution in [2.75, 3.05) is 24.2 Å². The summed E-state index contributed by atoms with van der Waals surface area (Å²) in [5.74, 6) is 0. The molecule has 1 aromatic carbocycles. The summed E-state index contributed by atoms with van der Waals surface area (Å²) in [6, 6.07) is 7.15. The number of nitrogens with zero attached hydrogens (tertiary/aromatic N) is 1. The van der Waals surface area contributed by atoms with Crippen molar-refractivity contribution in [3.8, 4) is 6.07 Å². The Kier molecular flexibility index (Phi) is 3.41. The Morgan fingerprint density at radius 2 is 2.44 bits per heavy atom. The molecule has 0 radical (unpaired) electrons. The smallest absolute Gasteiger partial charge is 0.110 e. The van der Waals surface area contributed by atoms with Crippen LogP contribution in [0.4, 0.5) is 11.4 Å². The highest BCUT2D eigenvalue weighted by Gasteiger charge is 2.39. The van der Waals surface area contributed by atoms with Crippen LogP contribution in [-0.4, -0.2) is 30.0 Å². The Hall–Kier alpha value is -1.77. The minimum Gasteiger partial charge on any atom is -0.398 e. The number of hydrogen-bond acceptors (Lipinski definition) is 5. The first kappa shape index (κ1) is 12.7. The van der Waals surface area contributed by atoms with Crippen LogP contribution in [0, 0.1) is 11.3 Å². The van der Waals surface area contributed by atoms with E-state index in [9.17, 15) is 5.11 Å². The molecule has 18 heavy (non-hydrogen) atoms. The molecule has 0 spiro atoms. The van der Waals surface area contributed by atoms with E-state index in [-0.39, 0.29) is 6.10 Å². The molecule has 0 bridgehead atoms. The van der Waals surface area contributed by atoms with Gasteiger partial charge < -0.3 is 20.9 Å². The van der Waals surface area contributed by atoms with Gasteiger partial charge in [-0.3, -0.25) is 0 Å². The SMILES string of the molecule is CC1OCCC1(O)CNc1ccc(C#N)c(N)c1. The monoisotopic (exact) mass is 247 g/mol. The second-order valence-electron chi connectivity index (χ2n) is 4.63. The highest BCUT2D eigenvalue weighted by atomic mass is 16.5. The molecule has 1 aliphatic heterocycles. The Morgan fingerprint density at radius 3 is 3.00 bits per heavy atom. The zero-order chi connectivity index (χ0) is 13.2. The van der Waals surface area contributed by atoms with Gasteiger partial charge in [-0.05, 0) is 25.1 Å². The van der Waals surface area contributed by atoms with Crippen LogP contribution in [0.2, 0.25) is 0 Å². The van der Waals surface area contributed by atoms with Crippen LogP contribution in [0.15, 0.2) is 18.2 Å². The average Bonchev–Trinajstić information content (AvgIpc) is 2.68. The molecule has 0 aromatic heterocycles. The Bertz CT molecular complexity index is 484. The lowest BCUT2D eigenvalue weighted by Crippen LogP contribution is -2.43. The van der Waals surface area contributed by atoms with Crippen LogP contribution < -0.4 is 11.1 Å². The number of nitrogens with two attached hydrogens (primary N) is 1. The van der Waals surface area contributed by atoms with Gasteiger partial charge in [0.15, 0.2) is 0 Å². The van der Waals surface area contributed by atoms with Crippen LogP contribution in [-0.2, 0) is 4.74 Å². The van der Waals surface area contributed by atoms with Gasteiger partial charge in [0.2, 0.25) is 0 Å². The molecule has 0 aliphatic carbocycles. The summed E-state index contributed by atoms with van der Waals surface area (Å²) in [6.07, 6.45) is 0.438. The molecule has 4 N–H and O–H groups in total. The van der Waals surface area contributed by atoms with E-state index in [2.05, 4.69) is 5.32 Å². The summed E-state index contributed by atoms with van der Waals surface area (Å²) in [4.78, 5) is 0. The van der Waals surface area contributed by atoms with Gasteiger partial charge in [0.05, 0.1) is 17.4 Å². The molecule has 2 rings (SSSR count). The largest absolute Gasteiger partial charge is 0.398 e. The van der Waals surface area contributed by atoms with E-state index in [0.29, 0.717) is 30.8 Å². The number of hydrogen-bond donors (Lipinski definition) is 3. The first-order valence-electron chi connectivity index (χ1n) is 5.92. The fraction of sp³-hybridized carbons (Fsp3) is 0.462. The topological polar surface area (TPSA) is 91.3 Å². The predicted octanol–water partition coefficient (Wildman–Crippen LogP) is 1.09. The number of nitriles is 1. The van der Waals surface area contributed by atoms with E-state index < -0.39 is 5.60 Å². The average molecular weight is 247 g/mol. The molecule has 5 nitrogen and oxygen atoms in total. The number of nitrogens with one attached hydrogen (secondary N) is 1. The first-order valence-corrected chi connectivity index (χ1v) is 5.92. The lowest BCUT2D eigenvalue weighted by Gasteiger charge is -2.26. The Labute approximate surface area is 106 Å². The summed E-state index contributed by atoms with van der Waals surface area (Å²) in [6.45, 7) is 2.84. The highest BCUT2D eigenvalue weighted by molar-refractivity contribution is 5.62. The molecule has 0 amide bonds. The summed E-state index contributed by atoms with van der Waals surface area (Å²) in [5, 5.41) is 22.2. The minimum atomic E-state index is -0.845. The van der Waals surface area contributed by atoms with E-state index in [0.717, 1.165) is 5.69 Å². The van der Waals surface area contributed by atoms with Crippen molar-refractivity contribution in [3.63, 3.8) is 0 Å². The van der Waals surface area contributed by atoms with Gasteiger partial charge in [-0.15, -0.1) is 0 Å². The quantitative estimate of drug-likeness (QED) is 0.695. The van der Waals surface area contributed by atoms with Gasteiger partial charge in [-0.25, -0.2) is 0 Å². The molecule has 1 aliphatic rings. The molecule has 1 heterocycles. The molecule has 5 heteroatoms. The van der Waals surface area contributed by atoms with Gasteiger partial charge in [0.1, 0.15) is 11.7 Å². The standard InChI is InChI=1S/C13H17N3O2/c1-9-13(17,4-5-18-9)8-16-11-3-2-10(7-14)12(15)6-11/h2-3,6,9,16-17H,4-5,8,15H2,1H3. The number of benzene rings is 1. The van der Waals surface area contributed by atoms with Crippen molar-refractivity contribution in [2.45, 2.75) is 25.0 Å². The Balaban J connectivity index is 2.03. The number of anilines is 2. The summed E-state index contributed by atoms with van der Waals surface area (Å²) >= 11 is 0. The first-order chi connectivity index (χ1) is 8.55. The zero-order valence-electron chi connectivity index (χ0n) is 10.3. The normalized spacial score (nSPS) is 26.8. The van der Waals surface area contributed by atoms with Crippen molar-refractivity contribution in [3.05, 3.63) is 23.8 Å². The number of rotatable bonds is 3. The molecule has 2 atom stereocenters. The third-order valence-corrected chi connectivity index (χ3v) is 3.43. The maximum atomic E-state index is 10.3.